The summed E-state index contributed by atoms with van der Waals surface area (Å²) in [6.45, 7) is 5.64. The van der Waals surface area contributed by atoms with Crippen LogP contribution in [-0.2, 0) is 4.79 Å². The number of carbonyl (C=O) groups excluding carboxylic acids is 1. The summed E-state index contributed by atoms with van der Waals surface area (Å²) in [7, 11) is 0. The first-order chi connectivity index (χ1) is 10.1. The van der Waals surface area contributed by atoms with Crippen molar-refractivity contribution in [3.05, 3.63) is 29.3 Å². The highest BCUT2D eigenvalue weighted by Crippen LogP contribution is 2.27. The van der Waals surface area contributed by atoms with E-state index < -0.39 is 0 Å². The first-order valence-electron chi connectivity index (χ1n) is 7.81. The van der Waals surface area contributed by atoms with Gasteiger partial charge in [-0.3, -0.25) is 9.69 Å². The van der Waals surface area contributed by atoms with E-state index in [0.29, 0.717) is 12.6 Å². The molecule has 0 aromatic heterocycles. The molecular weight excluding hydrogens is 264 g/mol. The minimum atomic E-state index is 0.0518. The zero-order valence-corrected chi connectivity index (χ0v) is 13.1. The van der Waals surface area contributed by atoms with Gasteiger partial charge in [0.15, 0.2) is 0 Å². The molecule has 1 aliphatic rings. The van der Waals surface area contributed by atoms with Gasteiger partial charge in [-0.15, -0.1) is 0 Å². The number of aryl methyl sites for hydroxylation is 2. The fourth-order valence-corrected chi connectivity index (χ4v) is 2.69. The standard InChI is InChI=1S/C17H26N2O2/c1-13-9-14(2)11-15(10-13)18-17(21)12-19(16-5-6-16)7-3-4-8-20/h9-11,16,20H,3-8,12H2,1-2H3,(H,18,21). The van der Waals surface area contributed by atoms with Gasteiger partial charge < -0.3 is 10.4 Å². The van der Waals surface area contributed by atoms with Crippen LogP contribution in [0.2, 0.25) is 0 Å². The Bertz CT molecular complexity index is 463. The Hall–Kier alpha value is -1.39. The number of rotatable bonds is 8. The molecule has 21 heavy (non-hydrogen) atoms. The molecule has 4 heteroatoms. The summed E-state index contributed by atoms with van der Waals surface area (Å²) in [5, 5.41) is 11.9. The molecule has 0 unspecified atom stereocenters. The van der Waals surface area contributed by atoms with Crippen molar-refractivity contribution < 1.29 is 9.90 Å². The molecule has 0 atom stereocenters. The Balaban J connectivity index is 1.86. The normalized spacial score (nSPS) is 14.5. The molecule has 0 spiro atoms. The van der Waals surface area contributed by atoms with Crippen molar-refractivity contribution in [2.45, 2.75) is 45.6 Å². The molecule has 1 fully saturated rings. The summed E-state index contributed by atoms with van der Waals surface area (Å²) in [5.41, 5.74) is 3.20. The first-order valence-corrected chi connectivity index (χ1v) is 7.81. The van der Waals surface area contributed by atoms with Crippen LogP contribution in [0.1, 0.15) is 36.8 Å². The summed E-state index contributed by atoms with van der Waals surface area (Å²) in [5.74, 6) is 0.0518. The van der Waals surface area contributed by atoms with Gasteiger partial charge in [0.2, 0.25) is 5.91 Å². The average molecular weight is 290 g/mol. The number of hydrogen-bond donors (Lipinski definition) is 2. The van der Waals surface area contributed by atoms with Gasteiger partial charge in [-0.25, -0.2) is 0 Å². The van der Waals surface area contributed by atoms with Crippen molar-refractivity contribution in [3.8, 4) is 0 Å². The number of anilines is 1. The molecule has 0 aliphatic heterocycles. The molecule has 0 radical (unpaired) electrons. The fourth-order valence-electron chi connectivity index (χ4n) is 2.69. The summed E-state index contributed by atoms with van der Waals surface area (Å²) < 4.78 is 0. The second-order valence-corrected chi connectivity index (χ2v) is 6.06. The molecule has 0 saturated heterocycles. The predicted octanol–water partition coefficient (Wildman–Crippen LogP) is 2.48. The largest absolute Gasteiger partial charge is 0.396 e. The zero-order valence-electron chi connectivity index (χ0n) is 13.1. The van der Waals surface area contributed by atoms with Crippen molar-refractivity contribution in [3.63, 3.8) is 0 Å². The Morgan fingerprint density at radius 1 is 1.24 bits per heavy atom. The number of nitrogens with one attached hydrogen (secondary N) is 1. The van der Waals surface area contributed by atoms with Crippen LogP contribution < -0.4 is 5.32 Å². The van der Waals surface area contributed by atoms with Crippen LogP contribution in [0.4, 0.5) is 5.69 Å². The van der Waals surface area contributed by atoms with Crippen molar-refractivity contribution in [2.24, 2.45) is 0 Å². The molecule has 4 nitrogen and oxygen atoms in total. The minimum absolute atomic E-state index is 0.0518. The smallest absolute Gasteiger partial charge is 0.238 e. The summed E-state index contributed by atoms with van der Waals surface area (Å²) in [4.78, 5) is 14.5. The quantitative estimate of drug-likeness (QED) is 0.723. The van der Waals surface area contributed by atoms with Gasteiger partial charge in [-0.1, -0.05) is 6.07 Å². The summed E-state index contributed by atoms with van der Waals surface area (Å²) >= 11 is 0. The van der Waals surface area contributed by atoms with Crippen LogP contribution in [-0.4, -0.2) is 41.7 Å². The van der Waals surface area contributed by atoms with Crippen LogP contribution in [0.25, 0.3) is 0 Å². The van der Waals surface area contributed by atoms with E-state index in [0.717, 1.165) is 36.2 Å². The SMILES string of the molecule is Cc1cc(C)cc(NC(=O)CN(CCCCO)C2CC2)c1. The molecule has 116 valence electrons. The van der Waals surface area contributed by atoms with Crippen LogP contribution in [0.15, 0.2) is 18.2 Å². The van der Waals surface area contributed by atoms with Gasteiger partial charge in [0.05, 0.1) is 6.54 Å². The van der Waals surface area contributed by atoms with E-state index in [1.807, 2.05) is 26.0 Å². The number of unbranched alkanes of at least 4 members (excludes halogenated alkanes) is 1. The fraction of sp³-hybridized carbons (Fsp3) is 0.588. The second-order valence-electron chi connectivity index (χ2n) is 6.06. The van der Waals surface area contributed by atoms with E-state index in [1.165, 1.54) is 12.8 Å². The van der Waals surface area contributed by atoms with Gasteiger partial charge in [-0.05, 0) is 69.3 Å². The third-order valence-electron chi connectivity index (χ3n) is 3.77. The van der Waals surface area contributed by atoms with E-state index in [-0.39, 0.29) is 12.5 Å². The van der Waals surface area contributed by atoms with Crippen LogP contribution in [0.3, 0.4) is 0 Å². The van der Waals surface area contributed by atoms with Crippen LogP contribution in [0.5, 0.6) is 0 Å². The van der Waals surface area contributed by atoms with Crippen molar-refractivity contribution >= 4 is 11.6 Å². The third-order valence-corrected chi connectivity index (χ3v) is 3.77. The van der Waals surface area contributed by atoms with E-state index in [4.69, 9.17) is 5.11 Å². The summed E-state index contributed by atoms with van der Waals surface area (Å²) in [6.07, 6.45) is 4.14. The Morgan fingerprint density at radius 3 is 2.48 bits per heavy atom. The van der Waals surface area contributed by atoms with Crippen molar-refractivity contribution in [2.75, 3.05) is 25.0 Å². The molecular formula is C17H26N2O2. The van der Waals surface area contributed by atoms with Gasteiger partial charge in [0.25, 0.3) is 0 Å². The van der Waals surface area contributed by atoms with Crippen molar-refractivity contribution in [1.29, 1.82) is 0 Å². The second kappa shape index (κ2) is 7.57. The molecule has 0 heterocycles. The molecule has 0 bridgehead atoms. The lowest BCUT2D eigenvalue weighted by Crippen LogP contribution is -2.35. The molecule has 2 rings (SSSR count). The maximum absolute atomic E-state index is 12.2. The third kappa shape index (κ3) is 5.48. The predicted molar refractivity (Wildman–Crippen MR) is 85.5 cm³/mol. The number of amides is 1. The number of aliphatic hydroxyl groups is 1. The van der Waals surface area contributed by atoms with E-state index in [9.17, 15) is 4.79 Å². The highest BCUT2D eigenvalue weighted by atomic mass is 16.2. The lowest BCUT2D eigenvalue weighted by molar-refractivity contribution is -0.117. The lowest BCUT2D eigenvalue weighted by Gasteiger charge is -2.21. The topological polar surface area (TPSA) is 52.6 Å². The monoisotopic (exact) mass is 290 g/mol. The van der Waals surface area contributed by atoms with Crippen LogP contribution in [0, 0.1) is 13.8 Å². The zero-order chi connectivity index (χ0) is 15.2. The van der Waals surface area contributed by atoms with Crippen LogP contribution >= 0.6 is 0 Å². The van der Waals surface area contributed by atoms with E-state index in [1.54, 1.807) is 0 Å². The number of aliphatic hydroxyl groups excluding tert-OH is 1. The minimum Gasteiger partial charge on any atom is -0.396 e. The maximum atomic E-state index is 12.2. The van der Waals surface area contributed by atoms with E-state index in [2.05, 4.69) is 16.3 Å². The number of hydrogen-bond acceptors (Lipinski definition) is 3. The average Bonchev–Trinajstić information content (AvgIpc) is 3.20. The van der Waals surface area contributed by atoms with E-state index >= 15 is 0 Å². The maximum Gasteiger partial charge on any atom is 0.238 e. The van der Waals surface area contributed by atoms with Crippen molar-refractivity contribution in [1.82, 2.24) is 4.90 Å². The molecule has 1 amide bonds. The molecule has 1 aliphatic carbocycles. The molecule has 1 saturated carbocycles. The molecule has 2 N–H and O–H groups in total. The number of benzene rings is 1. The Kier molecular flexibility index (Phi) is 5.76. The molecule has 1 aromatic carbocycles. The van der Waals surface area contributed by atoms with Gasteiger partial charge >= 0.3 is 0 Å². The Labute approximate surface area is 127 Å². The first kappa shape index (κ1) is 16.0. The number of carbonyl (C=O) groups is 1. The highest BCUT2D eigenvalue weighted by Gasteiger charge is 2.29. The highest BCUT2D eigenvalue weighted by molar-refractivity contribution is 5.92. The lowest BCUT2D eigenvalue weighted by atomic mass is 10.1. The summed E-state index contributed by atoms with van der Waals surface area (Å²) in [6, 6.07) is 6.66. The Morgan fingerprint density at radius 2 is 1.90 bits per heavy atom. The van der Waals surface area contributed by atoms with Gasteiger partial charge in [0, 0.05) is 18.3 Å². The van der Waals surface area contributed by atoms with Gasteiger partial charge in [0.1, 0.15) is 0 Å². The number of nitrogens with zero attached hydrogens (tertiary/aromatic N) is 1. The van der Waals surface area contributed by atoms with Gasteiger partial charge in [-0.2, -0.15) is 0 Å². The molecule has 1 aromatic rings.